The summed E-state index contributed by atoms with van der Waals surface area (Å²) in [4.78, 5) is 23.6. The van der Waals surface area contributed by atoms with Crippen LogP contribution in [0.1, 0.15) is 21.7 Å². The molecule has 0 fully saturated rings. The van der Waals surface area contributed by atoms with Crippen molar-refractivity contribution in [3.63, 3.8) is 0 Å². The Kier molecular flexibility index (Phi) is 2.20. The van der Waals surface area contributed by atoms with E-state index in [1.807, 2.05) is 0 Å². The van der Waals surface area contributed by atoms with E-state index in [1.54, 1.807) is 12.1 Å². The zero-order chi connectivity index (χ0) is 13.8. The second kappa shape index (κ2) is 3.57. The quantitative estimate of drug-likeness (QED) is 0.628. The molecule has 0 aliphatic heterocycles. The van der Waals surface area contributed by atoms with Crippen LogP contribution in [0.4, 0.5) is 13.2 Å². The van der Waals surface area contributed by atoms with Crippen molar-refractivity contribution in [2.75, 3.05) is 0 Å². The minimum atomic E-state index is -4.77. The smallest absolute Gasteiger partial charge is 0.449 e. The number of hydrogen-bond donors (Lipinski definition) is 0. The molecule has 0 unspecified atom stereocenters. The van der Waals surface area contributed by atoms with Crippen LogP contribution in [0.3, 0.4) is 0 Å². The number of carbonyl (C=O) groups is 1. The summed E-state index contributed by atoms with van der Waals surface area (Å²) in [5, 5.41) is 0. The van der Waals surface area contributed by atoms with Gasteiger partial charge in [0, 0.05) is 17.2 Å². The SMILES string of the molecule is O=C1c2ccccc2-c2oc(C(F)(F)F)cc(=O)c21. The molecule has 0 atom stereocenters. The first-order valence-corrected chi connectivity index (χ1v) is 5.29. The molecule has 96 valence electrons. The van der Waals surface area contributed by atoms with Crippen LogP contribution in [0.2, 0.25) is 0 Å². The predicted octanol–water partition coefficient (Wildman–Crippen LogP) is 2.87. The van der Waals surface area contributed by atoms with Gasteiger partial charge >= 0.3 is 6.18 Å². The first-order valence-electron chi connectivity index (χ1n) is 5.29. The molecule has 0 radical (unpaired) electrons. The summed E-state index contributed by atoms with van der Waals surface area (Å²) in [6.45, 7) is 0. The van der Waals surface area contributed by atoms with Gasteiger partial charge in [0.15, 0.2) is 11.2 Å². The molecule has 0 amide bonds. The Balaban J connectivity index is 2.37. The molecule has 1 aromatic heterocycles. The molecule has 0 spiro atoms. The monoisotopic (exact) mass is 266 g/mol. The summed E-state index contributed by atoms with van der Waals surface area (Å²) in [5.74, 6) is -2.31. The van der Waals surface area contributed by atoms with Crippen LogP contribution in [-0.4, -0.2) is 5.78 Å². The van der Waals surface area contributed by atoms with Gasteiger partial charge < -0.3 is 4.42 Å². The zero-order valence-corrected chi connectivity index (χ0v) is 9.25. The van der Waals surface area contributed by atoms with Gasteiger partial charge in [-0.25, -0.2) is 0 Å². The molecular formula is C13H5F3O3. The normalized spacial score (nSPS) is 13.3. The average molecular weight is 266 g/mol. The molecule has 0 N–H and O–H groups in total. The van der Waals surface area contributed by atoms with Crippen LogP contribution in [-0.2, 0) is 6.18 Å². The Labute approximate surface area is 104 Å². The highest BCUT2D eigenvalue weighted by Crippen LogP contribution is 2.38. The Hall–Kier alpha value is -2.37. The number of hydrogen-bond acceptors (Lipinski definition) is 3. The van der Waals surface area contributed by atoms with E-state index < -0.39 is 23.1 Å². The third-order valence-electron chi connectivity index (χ3n) is 2.87. The van der Waals surface area contributed by atoms with Gasteiger partial charge in [0.25, 0.3) is 0 Å². The maximum absolute atomic E-state index is 12.6. The summed E-state index contributed by atoms with van der Waals surface area (Å²) >= 11 is 0. The van der Waals surface area contributed by atoms with Crippen LogP contribution >= 0.6 is 0 Å². The van der Waals surface area contributed by atoms with Crippen molar-refractivity contribution in [3.05, 3.63) is 57.4 Å². The lowest BCUT2D eigenvalue weighted by atomic mass is 10.1. The molecule has 2 aromatic rings. The van der Waals surface area contributed by atoms with Gasteiger partial charge in [0.1, 0.15) is 5.56 Å². The van der Waals surface area contributed by atoms with Gasteiger partial charge in [-0.05, 0) is 0 Å². The standard InChI is InChI=1S/C13H5F3O3/c14-13(15,16)9-5-8(17)10-11(18)6-3-1-2-4-7(6)12(10)19-9/h1-5H. The molecule has 1 aliphatic carbocycles. The van der Waals surface area contributed by atoms with E-state index in [0.29, 0.717) is 6.07 Å². The van der Waals surface area contributed by atoms with Crippen LogP contribution in [0.15, 0.2) is 39.5 Å². The van der Waals surface area contributed by atoms with Crippen LogP contribution in [0.25, 0.3) is 11.3 Å². The molecule has 3 nitrogen and oxygen atoms in total. The number of halogens is 3. The number of benzene rings is 1. The van der Waals surface area contributed by atoms with Crippen molar-refractivity contribution in [1.82, 2.24) is 0 Å². The Bertz CT molecular complexity index is 756. The molecule has 0 saturated heterocycles. The summed E-state index contributed by atoms with van der Waals surface area (Å²) in [7, 11) is 0. The summed E-state index contributed by atoms with van der Waals surface area (Å²) < 4.78 is 42.5. The van der Waals surface area contributed by atoms with Gasteiger partial charge in [-0.1, -0.05) is 24.3 Å². The van der Waals surface area contributed by atoms with Gasteiger partial charge in [-0.15, -0.1) is 0 Å². The number of alkyl halides is 3. The first kappa shape index (κ1) is 11.7. The lowest BCUT2D eigenvalue weighted by molar-refractivity contribution is -0.153. The van der Waals surface area contributed by atoms with Gasteiger partial charge in [0.05, 0.1) is 0 Å². The first-order chi connectivity index (χ1) is 8.89. The molecule has 1 heterocycles. The highest BCUT2D eigenvalue weighted by Gasteiger charge is 2.39. The molecular weight excluding hydrogens is 261 g/mol. The number of ketones is 1. The van der Waals surface area contributed by atoms with Crippen LogP contribution in [0, 0.1) is 0 Å². The molecule has 0 bridgehead atoms. The molecule has 19 heavy (non-hydrogen) atoms. The minimum absolute atomic E-state index is 0.178. The van der Waals surface area contributed by atoms with Crippen LogP contribution in [0.5, 0.6) is 0 Å². The average Bonchev–Trinajstić information content (AvgIpc) is 2.63. The number of fused-ring (bicyclic) bond motifs is 3. The molecule has 1 aliphatic rings. The van der Waals surface area contributed by atoms with Gasteiger partial charge in [-0.3, -0.25) is 9.59 Å². The van der Waals surface area contributed by atoms with E-state index in [1.165, 1.54) is 12.1 Å². The van der Waals surface area contributed by atoms with E-state index >= 15 is 0 Å². The zero-order valence-electron chi connectivity index (χ0n) is 9.25. The molecule has 3 rings (SSSR count). The number of carbonyl (C=O) groups excluding carboxylic acids is 1. The topological polar surface area (TPSA) is 47.3 Å². The molecule has 0 saturated carbocycles. The van der Waals surface area contributed by atoms with Crippen molar-refractivity contribution >= 4 is 5.78 Å². The lowest BCUT2D eigenvalue weighted by Crippen LogP contribution is -2.16. The number of rotatable bonds is 0. The second-order valence-electron chi connectivity index (χ2n) is 4.05. The predicted molar refractivity (Wildman–Crippen MR) is 58.8 cm³/mol. The Morgan fingerprint density at radius 3 is 2.26 bits per heavy atom. The molecule has 1 aromatic carbocycles. The Morgan fingerprint density at radius 1 is 1.00 bits per heavy atom. The van der Waals surface area contributed by atoms with E-state index in [0.717, 1.165) is 0 Å². The maximum Gasteiger partial charge on any atom is 0.449 e. The fourth-order valence-electron chi connectivity index (χ4n) is 2.05. The summed E-state index contributed by atoms with van der Waals surface area (Å²) in [6, 6.07) is 6.32. The van der Waals surface area contributed by atoms with Gasteiger partial charge in [0.2, 0.25) is 11.5 Å². The maximum atomic E-state index is 12.6. The highest BCUT2D eigenvalue weighted by molar-refractivity contribution is 6.20. The summed E-state index contributed by atoms with van der Waals surface area (Å²) in [6.07, 6.45) is -4.77. The van der Waals surface area contributed by atoms with Crippen molar-refractivity contribution in [3.8, 4) is 11.3 Å². The van der Waals surface area contributed by atoms with Crippen molar-refractivity contribution in [2.45, 2.75) is 6.18 Å². The van der Waals surface area contributed by atoms with E-state index in [-0.39, 0.29) is 22.5 Å². The third kappa shape index (κ3) is 1.60. The van der Waals surface area contributed by atoms with Crippen molar-refractivity contribution in [1.29, 1.82) is 0 Å². The van der Waals surface area contributed by atoms with Crippen LogP contribution < -0.4 is 5.43 Å². The van der Waals surface area contributed by atoms with E-state index in [4.69, 9.17) is 4.42 Å². The largest absolute Gasteiger partial charge is 0.450 e. The van der Waals surface area contributed by atoms with E-state index in [9.17, 15) is 22.8 Å². The summed E-state index contributed by atoms with van der Waals surface area (Å²) in [5.41, 5.74) is -0.924. The van der Waals surface area contributed by atoms with Crippen molar-refractivity contribution in [2.24, 2.45) is 0 Å². The molecule has 6 heteroatoms. The van der Waals surface area contributed by atoms with E-state index in [2.05, 4.69) is 0 Å². The highest BCUT2D eigenvalue weighted by atomic mass is 19.4. The van der Waals surface area contributed by atoms with Crippen molar-refractivity contribution < 1.29 is 22.4 Å². The van der Waals surface area contributed by atoms with Gasteiger partial charge in [-0.2, -0.15) is 13.2 Å². The lowest BCUT2D eigenvalue weighted by Gasteiger charge is -2.06. The fourth-order valence-corrected chi connectivity index (χ4v) is 2.05. The third-order valence-corrected chi connectivity index (χ3v) is 2.87. The Morgan fingerprint density at radius 2 is 1.63 bits per heavy atom. The second-order valence-corrected chi connectivity index (χ2v) is 4.05. The fraction of sp³-hybridized carbons (Fsp3) is 0.0769. The minimum Gasteiger partial charge on any atom is -0.450 e.